The van der Waals surface area contributed by atoms with Gasteiger partial charge in [0.15, 0.2) is 0 Å². The van der Waals surface area contributed by atoms with Crippen molar-refractivity contribution < 1.29 is 4.74 Å². The third kappa shape index (κ3) is 3.47. The van der Waals surface area contributed by atoms with Gasteiger partial charge in [0.1, 0.15) is 5.75 Å². The Morgan fingerprint density at radius 2 is 1.88 bits per heavy atom. The van der Waals surface area contributed by atoms with Crippen LogP contribution in [0.1, 0.15) is 35.6 Å². The van der Waals surface area contributed by atoms with Crippen LogP contribution in [0.15, 0.2) is 6.07 Å². The number of ether oxygens (including phenoxy) is 1. The van der Waals surface area contributed by atoms with Crippen LogP contribution in [-0.2, 0) is 6.42 Å². The van der Waals surface area contributed by atoms with Crippen molar-refractivity contribution in [1.82, 2.24) is 5.32 Å². The quantitative estimate of drug-likeness (QED) is 0.817. The van der Waals surface area contributed by atoms with Gasteiger partial charge in [0.05, 0.1) is 6.61 Å². The molecular weight excluding hydrogens is 210 g/mol. The second-order valence-electron chi connectivity index (χ2n) is 4.62. The molecule has 0 aliphatic rings. The van der Waals surface area contributed by atoms with Crippen molar-refractivity contribution in [2.45, 2.75) is 40.5 Å². The molecule has 0 spiro atoms. The van der Waals surface area contributed by atoms with Crippen LogP contribution >= 0.6 is 0 Å². The zero-order valence-electron chi connectivity index (χ0n) is 11.8. The van der Waals surface area contributed by atoms with Crippen molar-refractivity contribution in [3.63, 3.8) is 0 Å². The van der Waals surface area contributed by atoms with Gasteiger partial charge in [-0.15, -0.1) is 0 Å². The molecule has 0 bridgehead atoms. The molecule has 0 unspecified atom stereocenters. The summed E-state index contributed by atoms with van der Waals surface area (Å²) in [4.78, 5) is 0. The summed E-state index contributed by atoms with van der Waals surface area (Å²) in [7, 11) is 2.00. The van der Waals surface area contributed by atoms with Crippen LogP contribution in [0.2, 0.25) is 0 Å². The van der Waals surface area contributed by atoms with Gasteiger partial charge in [-0.25, -0.2) is 0 Å². The highest BCUT2D eigenvalue weighted by Gasteiger charge is 2.10. The number of rotatable bonds is 6. The molecule has 2 heteroatoms. The third-order valence-electron chi connectivity index (χ3n) is 3.30. The standard InChI is InChI=1S/C15H25NO/c1-6-9-17-15-10-11(2)14(7-8-16-5)12(3)13(15)4/h10,16H,6-9H2,1-5H3. The normalized spacial score (nSPS) is 10.6. The van der Waals surface area contributed by atoms with Crippen molar-refractivity contribution in [3.8, 4) is 5.75 Å². The van der Waals surface area contributed by atoms with E-state index in [-0.39, 0.29) is 0 Å². The van der Waals surface area contributed by atoms with Gasteiger partial charge in [0.25, 0.3) is 0 Å². The maximum atomic E-state index is 5.79. The van der Waals surface area contributed by atoms with Crippen LogP contribution < -0.4 is 10.1 Å². The summed E-state index contributed by atoms with van der Waals surface area (Å²) in [6.07, 6.45) is 2.14. The topological polar surface area (TPSA) is 21.3 Å². The van der Waals surface area contributed by atoms with Gasteiger partial charge >= 0.3 is 0 Å². The maximum absolute atomic E-state index is 5.79. The minimum atomic E-state index is 0.801. The lowest BCUT2D eigenvalue weighted by Gasteiger charge is -2.17. The molecule has 1 aromatic carbocycles. The Kier molecular flexibility index (Phi) is 5.49. The molecule has 1 N–H and O–H groups in total. The first-order valence-corrected chi connectivity index (χ1v) is 6.48. The first kappa shape index (κ1) is 14.0. The van der Waals surface area contributed by atoms with Crippen LogP contribution in [0.4, 0.5) is 0 Å². The first-order chi connectivity index (χ1) is 8.11. The molecule has 96 valence electrons. The Bertz CT molecular complexity index is 372. The molecule has 0 aliphatic carbocycles. The number of benzene rings is 1. The van der Waals surface area contributed by atoms with E-state index in [1.54, 1.807) is 0 Å². The summed E-state index contributed by atoms with van der Waals surface area (Å²) < 4.78 is 5.79. The Balaban J connectivity index is 2.99. The lowest BCUT2D eigenvalue weighted by Crippen LogP contribution is -2.12. The van der Waals surface area contributed by atoms with Crippen LogP contribution in [0, 0.1) is 20.8 Å². The Morgan fingerprint density at radius 3 is 2.47 bits per heavy atom. The van der Waals surface area contributed by atoms with E-state index < -0.39 is 0 Å². The van der Waals surface area contributed by atoms with E-state index in [9.17, 15) is 0 Å². The molecule has 2 nitrogen and oxygen atoms in total. The molecule has 0 saturated carbocycles. The summed E-state index contributed by atoms with van der Waals surface area (Å²) >= 11 is 0. The number of nitrogens with one attached hydrogen (secondary N) is 1. The van der Waals surface area contributed by atoms with Crippen molar-refractivity contribution in [2.24, 2.45) is 0 Å². The molecule has 0 aliphatic heterocycles. The van der Waals surface area contributed by atoms with Crippen molar-refractivity contribution in [1.29, 1.82) is 0 Å². The van der Waals surface area contributed by atoms with Gasteiger partial charge in [-0.2, -0.15) is 0 Å². The van der Waals surface area contributed by atoms with E-state index in [2.05, 4.69) is 39.1 Å². The second-order valence-corrected chi connectivity index (χ2v) is 4.62. The summed E-state index contributed by atoms with van der Waals surface area (Å²) in [5.74, 6) is 1.05. The van der Waals surface area contributed by atoms with Crippen LogP contribution in [-0.4, -0.2) is 20.2 Å². The van der Waals surface area contributed by atoms with E-state index in [1.807, 2.05) is 7.05 Å². The molecule has 0 fully saturated rings. The Labute approximate surface area is 105 Å². The molecule has 1 aromatic rings. The van der Waals surface area contributed by atoms with E-state index in [0.29, 0.717) is 0 Å². The summed E-state index contributed by atoms with van der Waals surface area (Å²) in [5, 5.41) is 3.21. The highest BCUT2D eigenvalue weighted by atomic mass is 16.5. The summed E-state index contributed by atoms with van der Waals surface area (Å²) in [6.45, 7) is 10.5. The second kappa shape index (κ2) is 6.65. The minimum Gasteiger partial charge on any atom is -0.493 e. The maximum Gasteiger partial charge on any atom is 0.122 e. The molecule has 0 heterocycles. The molecule has 0 saturated heterocycles. The fourth-order valence-corrected chi connectivity index (χ4v) is 2.10. The predicted octanol–water partition coefficient (Wildman–Crippen LogP) is 3.16. The van der Waals surface area contributed by atoms with Crippen LogP contribution in [0.5, 0.6) is 5.75 Å². The number of hydrogen-bond acceptors (Lipinski definition) is 2. The van der Waals surface area contributed by atoms with Gasteiger partial charge in [0.2, 0.25) is 0 Å². The average molecular weight is 235 g/mol. The first-order valence-electron chi connectivity index (χ1n) is 6.48. The van der Waals surface area contributed by atoms with Gasteiger partial charge in [-0.05, 0) is 75.5 Å². The van der Waals surface area contributed by atoms with E-state index >= 15 is 0 Å². The van der Waals surface area contributed by atoms with E-state index in [1.165, 1.54) is 22.3 Å². The lowest BCUT2D eigenvalue weighted by molar-refractivity contribution is 0.315. The minimum absolute atomic E-state index is 0.801. The van der Waals surface area contributed by atoms with E-state index in [4.69, 9.17) is 4.74 Å². The molecule has 0 atom stereocenters. The van der Waals surface area contributed by atoms with Crippen molar-refractivity contribution in [3.05, 3.63) is 28.3 Å². The lowest BCUT2D eigenvalue weighted by atomic mass is 9.95. The van der Waals surface area contributed by atoms with Crippen molar-refractivity contribution in [2.75, 3.05) is 20.2 Å². The highest BCUT2D eigenvalue weighted by Crippen LogP contribution is 2.28. The van der Waals surface area contributed by atoms with Gasteiger partial charge in [-0.1, -0.05) is 6.92 Å². The largest absolute Gasteiger partial charge is 0.493 e. The van der Waals surface area contributed by atoms with Gasteiger partial charge in [0, 0.05) is 0 Å². The molecular formula is C15H25NO. The van der Waals surface area contributed by atoms with Gasteiger partial charge in [-0.3, -0.25) is 0 Å². The molecule has 17 heavy (non-hydrogen) atoms. The van der Waals surface area contributed by atoms with Gasteiger partial charge < -0.3 is 10.1 Å². The predicted molar refractivity (Wildman–Crippen MR) is 74.1 cm³/mol. The summed E-state index contributed by atoms with van der Waals surface area (Å²) in [5.41, 5.74) is 5.47. The Morgan fingerprint density at radius 1 is 1.18 bits per heavy atom. The third-order valence-corrected chi connectivity index (χ3v) is 3.30. The highest BCUT2D eigenvalue weighted by molar-refractivity contribution is 5.48. The van der Waals surface area contributed by atoms with Crippen LogP contribution in [0.25, 0.3) is 0 Å². The van der Waals surface area contributed by atoms with Crippen molar-refractivity contribution >= 4 is 0 Å². The molecule has 0 amide bonds. The Hall–Kier alpha value is -1.02. The zero-order chi connectivity index (χ0) is 12.8. The average Bonchev–Trinajstić information content (AvgIpc) is 2.32. The monoisotopic (exact) mass is 235 g/mol. The number of aryl methyl sites for hydroxylation is 1. The fourth-order valence-electron chi connectivity index (χ4n) is 2.10. The number of hydrogen-bond donors (Lipinski definition) is 1. The fraction of sp³-hybridized carbons (Fsp3) is 0.600. The smallest absolute Gasteiger partial charge is 0.122 e. The number of likely N-dealkylation sites (N-methyl/N-ethyl adjacent to an activating group) is 1. The SMILES string of the molecule is CCCOc1cc(C)c(CCNC)c(C)c1C. The molecule has 0 aromatic heterocycles. The van der Waals surface area contributed by atoms with Crippen LogP contribution in [0.3, 0.4) is 0 Å². The molecule has 0 radical (unpaired) electrons. The molecule has 1 rings (SSSR count). The zero-order valence-corrected chi connectivity index (χ0v) is 11.8. The van der Waals surface area contributed by atoms with E-state index in [0.717, 1.165) is 31.7 Å². The summed E-state index contributed by atoms with van der Waals surface area (Å²) in [6, 6.07) is 2.18.